The second-order valence-corrected chi connectivity index (χ2v) is 6.13. The molecule has 0 bridgehead atoms. The lowest BCUT2D eigenvalue weighted by Crippen LogP contribution is -2.36. The number of nitrogens with zero attached hydrogens (tertiary/aromatic N) is 1. The van der Waals surface area contributed by atoms with E-state index in [9.17, 15) is 12.8 Å². The number of hydrogen-bond donors (Lipinski definition) is 0. The third-order valence-corrected chi connectivity index (χ3v) is 4.88. The van der Waals surface area contributed by atoms with E-state index >= 15 is 0 Å². The topological polar surface area (TPSA) is 46.6 Å². The first-order valence-electron chi connectivity index (χ1n) is 5.82. The van der Waals surface area contributed by atoms with Crippen molar-refractivity contribution >= 4 is 10.0 Å². The van der Waals surface area contributed by atoms with E-state index in [1.54, 1.807) is 0 Å². The molecule has 0 unspecified atom stereocenters. The molecule has 1 saturated carbocycles. The lowest BCUT2D eigenvalue weighted by molar-refractivity contribution is 0.177. The largest absolute Gasteiger partial charge is 0.383 e. The fourth-order valence-corrected chi connectivity index (χ4v) is 3.56. The summed E-state index contributed by atoms with van der Waals surface area (Å²) in [7, 11) is -2.25. The molecular weight excluding hydrogens is 257 g/mol. The highest BCUT2D eigenvalue weighted by Crippen LogP contribution is 2.32. The van der Waals surface area contributed by atoms with Crippen molar-refractivity contribution < 1.29 is 17.5 Å². The Balaban J connectivity index is 2.30. The molecule has 4 nitrogen and oxygen atoms in total. The van der Waals surface area contributed by atoms with Gasteiger partial charge in [0, 0.05) is 19.7 Å². The highest BCUT2D eigenvalue weighted by atomic mass is 32.2. The monoisotopic (exact) mass is 273 g/mol. The van der Waals surface area contributed by atoms with Crippen LogP contribution >= 0.6 is 0 Å². The molecule has 0 atom stereocenters. The lowest BCUT2D eigenvalue weighted by atomic mass is 10.4. The van der Waals surface area contributed by atoms with Crippen molar-refractivity contribution in [1.82, 2.24) is 4.31 Å². The number of rotatable bonds is 6. The fourth-order valence-electron chi connectivity index (χ4n) is 1.82. The van der Waals surface area contributed by atoms with Gasteiger partial charge in [-0.05, 0) is 25.0 Å². The van der Waals surface area contributed by atoms with E-state index in [0.717, 1.165) is 18.9 Å². The number of methoxy groups -OCH3 is 1. The van der Waals surface area contributed by atoms with Gasteiger partial charge in [-0.1, -0.05) is 12.1 Å². The van der Waals surface area contributed by atoms with Crippen LogP contribution in [0.2, 0.25) is 0 Å². The maximum Gasteiger partial charge on any atom is 0.246 e. The molecular formula is C12H16FNO3S. The predicted octanol–water partition coefficient (Wildman–Crippen LogP) is 1.63. The van der Waals surface area contributed by atoms with E-state index in [1.807, 2.05) is 0 Å². The zero-order valence-electron chi connectivity index (χ0n) is 10.2. The molecule has 1 aliphatic rings. The van der Waals surface area contributed by atoms with Gasteiger partial charge in [0.1, 0.15) is 10.7 Å². The molecule has 0 aromatic heterocycles. The molecule has 1 aromatic carbocycles. The zero-order valence-corrected chi connectivity index (χ0v) is 11.0. The first-order chi connectivity index (χ1) is 8.57. The van der Waals surface area contributed by atoms with E-state index < -0.39 is 15.8 Å². The van der Waals surface area contributed by atoms with Crippen molar-refractivity contribution in [3.63, 3.8) is 0 Å². The Hall–Kier alpha value is -0.980. The summed E-state index contributed by atoms with van der Waals surface area (Å²) < 4.78 is 44.6. The summed E-state index contributed by atoms with van der Waals surface area (Å²) >= 11 is 0. The molecule has 0 spiro atoms. The Morgan fingerprint density at radius 3 is 2.61 bits per heavy atom. The molecule has 0 radical (unpaired) electrons. The normalized spacial score (nSPS) is 16.2. The van der Waals surface area contributed by atoms with Gasteiger partial charge < -0.3 is 4.74 Å². The smallest absolute Gasteiger partial charge is 0.246 e. The van der Waals surface area contributed by atoms with Crippen molar-refractivity contribution in [2.75, 3.05) is 20.3 Å². The van der Waals surface area contributed by atoms with Crippen LogP contribution in [0.3, 0.4) is 0 Å². The average molecular weight is 273 g/mol. The third kappa shape index (κ3) is 2.71. The molecule has 6 heteroatoms. The third-order valence-electron chi connectivity index (χ3n) is 2.89. The summed E-state index contributed by atoms with van der Waals surface area (Å²) in [5.41, 5.74) is 0. The molecule has 0 aliphatic heterocycles. The SMILES string of the molecule is COCCN(C1CC1)S(=O)(=O)c1ccccc1F. The molecule has 2 rings (SSSR count). The van der Waals surface area contributed by atoms with Gasteiger partial charge in [-0.15, -0.1) is 0 Å². The standard InChI is InChI=1S/C12H16FNO3S/c1-17-9-8-14(10-6-7-10)18(15,16)12-5-3-2-4-11(12)13/h2-5,10H,6-9H2,1H3. The van der Waals surface area contributed by atoms with Crippen LogP contribution in [0.15, 0.2) is 29.2 Å². The molecule has 0 amide bonds. The van der Waals surface area contributed by atoms with Crippen molar-refractivity contribution in [2.24, 2.45) is 0 Å². The van der Waals surface area contributed by atoms with E-state index in [-0.39, 0.29) is 17.5 Å². The van der Waals surface area contributed by atoms with Crippen molar-refractivity contribution in [3.8, 4) is 0 Å². The molecule has 100 valence electrons. The van der Waals surface area contributed by atoms with E-state index in [4.69, 9.17) is 4.74 Å². The summed E-state index contributed by atoms with van der Waals surface area (Å²) in [5, 5.41) is 0. The quantitative estimate of drug-likeness (QED) is 0.791. The first-order valence-corrected chi connectivity index (χ1v) is 7.26. The van der Waals surface area contributed by atoms with Gasteiger partial charge in [0.05, 0.1) is 6.61 Å². The summed E-state index contributed by atoms with van der Waals surface area (Å²) in [6.45, 7) is 0.571. The zero-order chi connectivity index (χ0) is 13.2. The van der Waals surface area contributed by atoms with Crippen molar-refractivity contribution in [1.29, 1.82) is 0 Å². The first kappa shape index (κ1) is 13.5. The summed E-state index contributed by atoms with van der Waals surface area (Å²) in [6, 6.07) is 5.45. The van der Waals surface area contributed by atoms with E-state index in [2.05, 4.69) is 0 Å². The average Bonchev–Trinajstić information content (AvgIpc) is 3.14. The van der Waals surface area contributed by atoms with Gasteiger partial charge in [0.25, 0.3) is 0 Å². The molecule has 0 saturated heterocycles. The van der Waals surface area contributed by atoms with Crippen LogP contribution in [0.5, 0.6) is 0 Å². The number of halogens is 1. The van der Waals surface area contributed by atoms with Gasteiger partial charge in [0.2, 0.25) is 10.0 Å². The summed E-state index contributed by atoms with van der Waals surface area (Å²) in [5.74, 6) is -0.708. The number of benzene rings is 1. The Bertz CT molecular complexity index is 514. The number of hydrogen-bond acceptors (Lipinski definition) is 3. The molecule has 0 N–H and O–H groups in total. The van der Waals surface area contributed by atoms with E-state index in [0.29, 0.717) is 6.61 Å². The molecule has 1 aliphatic carbocycles. The summed E-state index contributed by atoms with van der Waals surface area (Å²) in [4.78, 5) is -0.256. The Morgan fingerprint density at radius 1 is 1.39 bits per heavy atom. The van der Waals surface area contributed by atoms with Gasteiger partial charge in [0.15, 0.2) is 0 Å². The molecule has 0 heterocycles. The van der Waals surface area contributed by atoms with E-state index in [1.165, 1.54) is 29.6 Å². The Morgan fingerprint density at radius 2 is 2.06 bits per heavy atom. The maximum atomic E-state index is 13.6. The van der Waals surface area contributed by atoms with Crippen LogP contribution in [0.1, 0.15) is 12.8 Å². The second kappa shape index (κ2) is 5.34. The minimum atomic E-state index is -3.76. The second-order valence-electron chi connectivity index (χ2n) is 4.27. The minimum Gasteiger partial charge on any atom is -0.383 e. The summed E-state index contributed by atoms with van der Waals surface area (Å²) in [6.07, 6.45) is 1.66. The Kier molecular flexibility index (Phi) is 3.99. The Labute approximate surface area is 106 Å². The highest BCUT2D eigenvalue weighted by molar-refractivity contribution is 7.89. The van der Waals surface area contributed by atoms with Gasteiger partial charge in [-0.2, -0.15) is 4.31 Å². The van der Waals surface area contributed by atoms with Crippen molar-refractivity contribution in [3.05, 3.63) is 30.1 Å². The van der Waals surface area contributed by atoms with Gasteiger partial charge >= 0.3 is 0 Å². The fraction of sp³-hybridized carbons (Fsp3) is 0.500. The predicted molar refractivity (Wildman–Crippen MR) is 65.2 cm³/mol. The van der Waals surface area contributed by atoms with Crippen LogP contribution in [0, 0.1) is 5.82 Å². The lowest BCUT2D eigenvalue weighted by Gasteiger charge is -2.21. The maximum absolute atomic E-state index is 13.6. The van der Waals surface area contributed by atoms with Crippen LogP contribution in [0.4, 0.5) is 4.39 Å². The van der Waals surface area contributed by atoms with Crippen molar-refractivity contribution in [2.45, 2.75) is 23.8 Å². The van der Waals surface area contributed by atoms with Crippen LogP contribution in [-0.2, 0) is 14.8 Å². The van der Waals surface area contributed by atoms with Gasteiger partial charge in [-0.25, -0.2) is 12.8 Å². The molecule has 18 heavy (non-hydrogen) atoms. The van der Waals surface area contributed by atoms with Crippen LogP contribution < -0.4 is 0 Å². The molecule has 1 fully saturated rings. The van der Waals surface area contributed by atoms with Crippen LogP contribution in [0.25, 0.3) is 0 Å². The number of sulfonamides is 1. The number of ether oxygens (including phenoxy) is 1. The highest BCUT2D eigenvalue weighted by Gasteiger charge is 2.38. The van der Waals surface area contributed by atoms with Gasteiger partial charge in [-0.3, -0.25) is 0 Å². The van der Waals surface area contributed by atoms with Crippen LogP contribution in [-0.4, -0.2) is 39.0 Å². The minimum absolute atomic E-state index is 0.00949. The molecule has 1 aromatic rings.